The first-order chi connectivity index (χ1) is 14.0. The molecule has 5 rings (SSSR count). The third-order valence-electron chi connectivity index (χ3n) is 5.11. The molecule has 144 valence electrons. The molecular formula is C23H16F3N3. The first-order valence-corrected chi connectivity index (χ1v) is 9.20. The topological polar surface area (TPSA) is 29.9 Å². The van der Waals surface area contributed by atoms with Crippen LogP contribution in [-0.4, -0.2) is 9.55 Å². The summed E-state index contributed by atoms with van der Waals surface area (Å²) in [4.78, 5) is 4.63. The standard InChI is InChI=1S/C23H16F3N3/c24-23(25,26)17-11-5-4-10-16(17)21-14-19(15-8-2-1-3-9-15)28-22-27-18-12-6-7-13-20(18)29(21)22/h1-14,21H,(H,27,28). The molecule has 1 aliphatic heterocycles. The van der Waals surface area contributed by atoms with Crippen LogP contribution in [0.1, 0.15) is 22.7 Å². The molecule has 1 atom stereocenters. The first kappa shape index (κ1) is 17.6. The highest BCUT2D eigenvalue weighted by Crippen LogP contribution is 2.41. The van der Waals surface area contributed by atoms with Gasteiger partial charge in [-0.3, -0.25) is 4.57 Å². The van der Waals surface area contributed by atoms with Crippen LogP contribution < -0.4 is 5.32 Å². The van der Waals surface area contributed by atoms with Crippen molar-refractivity contribution in [3.05, 3.63) is 102 Å². The fourth-order valence-corrected chi connectivity index (χ4v) is 3.84. The van der Waals surface area contributed by atoms with Crippen LogP contribution in [0.2, 0.25) is 0 Å². The molecule has 1 unspecified atom stereocenters. The van der Waals surface area contributed by atoms with Crippen molar-refractivity contribution < 1.29 is 13.2 Å². The van der Waals surface area contributed by atoms with E-state index in [1.807, 2.05) is 65.2 Å². The molecule has 4 aromatic rings. The number of benzene rings is 3. The zero-order valence-electron chi connectivity index (χ0n) is 15.2. The molecule has 1 aliphatic rings. The molecule has 0 aliphatic carbocycles. The highest BCUT2D eigenvalue weighted by Gasteiger charge is 2.36. The second-order valence-electron chi connectivity index (χ2n) is 6.90. The number of halogens is 3. The number of allylic oxidation sites excluding steroid dienone is 1. The number of alkyl halides is 3. The predicted octanol–water partition coefficient (Wildman–Crippen LogP) is 6.11. The van der Waals surface area contributed by atoms with Gasteiger partial charge in [-0.1, -0.05) is 60.7 Å². The molecule has 29 heavy (non-hydrogen) atoms. The summed E-state index contributed by atoms with van der Waals surface area (Å²) in [7, 11) is 0. The number of fused-ring (bicyclic) bond motifs is 3. The Bertz CT molecular complexity index is 1220. The number of aromatic nitrogens is 2. The quantitative estimate of drug-likeness (QED) is 0.447. The Morgan fingerprint density at radius 3 is 2.31 bits per heavy atom. The number of nitrogens with zero attached hydrogens (tertiary/aromatic N) is 2. The Kier molecular flexibility index (Phi) is 3.94. The SMILES string of the molecule is FC(F)(F)c1ccccc1C1C=C(c2ccccc2)Nc2nc3ccccc3n21. The van der Waals surface area contributed by atoms with Crippen molar-refractivity contribution in [1.29, 1.82) is 0 Å². The van der Waals surface area contributed by atoms with Crippen molar-refractivity contribution in [2.24, 2.45) is 0 Å². The lowest BCUT2D eigenvalue weighted by molar-refractivity contribution is -0.138. The van der Waals surface area contributed by atoms with Gasteiger partial charge in [-0.25, -0.2) is 4.98 Å². The summed E-state index contributed by atoms with van der Waals surface area (Å²) in [5.74, 6) is 0.523. The molecule has 0 saturated carbocycles. The summed E-state index contributed by atoms with van der Waals surface area (Å²) in [6.45, 7) is 0. The highest BCUT2D eigenvalue weighted by atomic mass is 19.4. The summed E-state index contributed by atoms with van der Waals surface area (Å²) in [5.41, 5.74) is 2.68. The normalized spacial score (nSPS) is 16.2. The summed E-state index contributed by atoms with van der Waals surface area (Å²) >= 11 is 0. The maximum absolute atomic E-state index is 13.8. The molecule has 0 saturated heterocycles. The second kappa shape index (κ2) is 6.51. The second-order valence-corrected chi connectivity index (χ2v) is 6.90. The molecule has 2 heterocycles. The largest absolute Gasteiger partial charge is 0.416 e. The Balaban J connectivity index is 1.78. The van der Waals surface area contributed by atoms with Gasteiger partial charge < -0.3 is 5.32 Å². The van der Waals surface area contributed by atoms with Gasteiger partial charge in [-0.05, 0) is 35.4 Å². The van der Waals surface area contributed by atoms with Gasteiger partial charge in [0, 0.05) is 5.70 Å². The van der Waals surface area contributed by atoms with Gasteiger partial charge >= 0.3 is 6.18 Å². The van der Waals surface area contributed by atoms with Gasteiger partial charge in [-0.15, -0.1) is 0 Å². The average molecular weight is 391 g/mol. The van der Waals surface area contributed by atoms with Crippen molar-refractivity contribution in [2.45, 2.75) is 12.2 Å². The summed E-state index contributed by atoms with van der Waals surface area (Å²) in [6.07, 6.45) is -2.61. The summed E-state index contributed by atoms with van der Waals surface area (Å²) < 4.78 is 43.2. The third kappa shape index (κ3) is 2.97. The first-order valence-electron chi connectivity index (χ1n) is 9.20. The van der Waals surface area contributed by atoms with E-state index in [4.69, 9.17) is 0 Å². The van der Waals surface area contributed by atoms with Crippen LogP contribution in [0.15, 0.2) is 84.9 Å². The minimum atomic E-state index is -4.45. The van der Waals surface area contributed by atoms with Crippen LogP contribution in [0.3, 0.4) is 0 Å². The van der Waals surface area contributed by atoms with E-state index in [1.54, 1.807) is 6.07 Å². The van der Waals surface area contributed by atoms with Gasteiger partial charge in [0.1, 0.15) is 0 Å². The van der Waals surface area contributed by atoms with E-state index < -0.39 is 17.8 Å². The highest BCUT2D eigenvalue weighted by molar-refractivity contribution is 5.85. The molecule has 0 spiro atoms. The number of hydrogen-bond donors (Lipinski definition) is 1. The lowest BCUT2D eigenvalue weighted by Crippen LogP contribution is -2.22. The van der Waals surface area contributed by atoms with E-state index >= 15 is 0 Å². The molecule has 0 amide bonds. The van der Waals surface area contributed by atoms with Crippen LogP contribution in [0.4, 0.5) is 19.1 Å². The fraction of sp³-hybridized carbons (Fsp3) is 0.0870. The van der Waals surface area contributed by atoms with E-state index in [0.717, 1.165) is 28.4 Å². The monoisotopic (exact) mass is 391 g/mol. The van der Waals surface area contributed by atoms with E-state index in [1.165, 1.54) is 12.1 Å². The molecule has 3 nitrogen and oxygen atoms in total. The molecule has 1 aromatic heterocycles. The number of anilines is 1. The Morgan fingerprint density at radius 2 is 1.52 bits per heavy atom. The van der Waals surface area contributed by atoms with Crippen LogP contribution in [-0.2, 0) is 6.18 Å². The molecule has 0 bridgehead atoms. The Morgan fingerprint density at radius 1 is 0.828 bits per heavy atom. The van der Waals surface area contributed by atoms with Gasteiger partial charge in [-0.2, -0.15) is 13.2 Å². The minimum Gasteiger partial charge on any atom is -0.325 e. The number of hydrogen-bond acceptors (Lipinski definition) is 2. The number of para-hydroxylation sites is 2. The molecule has 3 aromatic carbocycles. The van der Waals surface area contributed by atoms with Crippen molar-refractivity contribution in [2.75, 3.05) is 5.32 Å². The average Bonchev–Trinajstić information content (AvgIpc) is 3.12. The fourth-order valence-electron chi connectivity index (χ4n) is 3.84. The van der Waals surface area contributed by atoms with Gasteiger partial charge in [0.15, 0.2) is 0 Å². The molecule has 1 N–H and O–H groups in total. The summed E-state index contributed by atoms with van der Waals surface area (Å²) in [6, 6.07) is 22.1. The van der Waals surface area contributed by atoms with E-state index in [-0.39, 0.29) is 5.56 Å². The van der Waals surface area contributed by atoms with Crippen molar-refractivity contribution in [3.63, 3.8) is 0 Å². The number of rotatable bonds is 2. The lowest BCUT2D eigenvalue weighted by atomic mass is 9.96. The van der Waals surface area contributed by atoms with Crippen molar-refractivity contribution in [1.82, 2.24) is 9.55 Å². The molecule has 6 heteroatoms. The Labute approximate surface area is 165 Å². The zero-order valence-corrected chi connectivity index (χ0v) is 15.2. The lowest BCUT2D eigenvalue weighted by Gasteiger charge is -2.28. The minimum absolute atomic E-state index is 0.194. The van der Waals surface area contributed by atoms with E-state index in [0.29, 0.717) is 5.95 Å². The molecule has 0 fully saturated rings. The van der Waals surface area contributed by atoms with Crippen LogP contribution in [0, 0.1) is 0 Å². The molecule has 0 radical (unpaired) electrons. The molecular weight excluding hydrogens is 375 g/mol. The van der Waals surface area contributed by atoms with Crippen LogP contribution in [0.5, 0.6) is 0 Å². The maximum Gasteiger partial charge on any atom is 0.416 e. The third-order valence-corrected chi connectivity index (χ3v) is 5.11. The van der Waals surface area contributed by atoms with Gasteiger partial charge in [0.05, 0.1) is 22.6 Å². The van der Waals surface area contributed by atoms with Gasteiger partial charge in [0.25, 0.3) is 0 Å². The van der Waals surface area contributed by atoms with Crippen LogP contribution >= 0.6 is 0 Å². The maximum atomic E-state index is 13.8. The van der Waals surface area contributed by atoms with Gasteiger partial charge in [0.2, 0.25) is 5.95 Å². The number of imidazole rings is 1. The Hall–Kier alpha value is -3.54. The smallest absolute Gasteiger partial charge is 0.325 e. The van der Waals surface area contributed by atoms with E-state index in [9.17, 15) is 13.2 Å². The summed E-state index contributed by atoms with van der Waals surface area (Å²) in [5, 5.41) is 3.29. The number of nitrogens with one attached hydrogen (secondary N) is 1. The van der Waals surface area contributed by atoms with Crippen molar-refractivity contribution in [3.8, 4) is 0 Å². The predicted molar refractivity (Wildman–Crippen MR) is 107 cm³/mol. The van der Waals surface area contributed by atoms with Crippen molar-refractivity contribution >= 4 is 22.7 Å². The van der Waals surface area contributed by atoms with E-state index in [2.05, 4.69) is 10.3 Å². The van der Waals surface area contributed by atoms with Crippen LogP contribution in [0.25, 0.3) is 16.7 Å². The zero-order chi connectivity index (χ0) is 20.0.